The summed E-state index contributed by atoms with van der Waals surface area (Å²) in [5.74, 6) is 0.638. The van der Waals surface area contributed by atoms with Gasteiger partial charge in [-0.05, 0) is 19.1 Å². The predicted molar refractivity (Wildman–Crippen MR) is 65.8 cm³/mol. The molecule has 1 unspecified atom stereocenters. The van der Waals surface area contributed by atoms with Crippen LogP contribution in [0.3, 0.4) is 0 Å². The molecule has 5 heteroatoms. The van der Waals surface area contributed by atoms with E-state index in [1.165, 1.54) is 0 Å². The molecule has 16 heavy (non-hydrogen) atoms. The molecule has 1 rings (SSSR count). The Morgan fingerprint density at radius 1 is 1.44 bits per heavy atom. The number of halogens is 1. The van der Waals surface area contributed by atoms with Gasteiger partial charge in [0, 0.05) is 0 Å². The van der Waals surface area contributed by atoms with Gasteiger partial charge in [0.05, 0.1) is 12.6 Å². The number of rotatable bonds is 5. The van der Waals surface area contributed by atoms with Crippen LogP contribution in [-0.4, -0.2) is 25.1 Å². The van der Waals surface area contributed by atoms with E-state index < -0.39 is 6.04 Å². The van der Waals surface area contributed by atoms with Crippen LogP contribution in [0.4, 0.5) is 0 Å². The first-order valence-corrected chi connectivity index (χ1v) is 4.91. The number of hydrogen-bond acceptors (Lipinski definition) is 3. The van der Waals surface area contributed by atoms with Crippen molar-refractivity contribution in [1.82, 2.24) is 5.32 Å². The van der Waals surface area contributed by atoms with Gasteiger partial charge in [-0.15, -0.1) is 12.4 Å². The summed E-state index contributed by atoms with van der Waals surface area (Å²) in [6.45, 7) is 2.56. The average Bonchev–Trinajstić information content (AvgIpc) is 2.25. The van der Waals surface area contributed by atoms with Gasteiger partial charge in [0.2, 0.25) is 5.91 Å². The molecule has 0 aromatic heterocycles. The highest BCUT2D eigenvalue weighted by atomic mass is 35.5. The standard InChI is InChI=1S/C11H16N2O2.ClH/c1-9(12)11(14)13-7-8-15-10-5-3-2-4-6-10;/h2-6,9H,7-8,12H2,1H3,(H,13,14);1H. The van der Waals surface area contributed by atoms with Gasteiger partial charge in [0.1, 0.15) is 12.4 Å². The first-order valence-electron chi connectivity index (χ1n) is 4.91. The minimum atomic E-state index is -0.471. The summed E-state index contributed by atoms with van der Waals surface area (Å²) in [6, 6.07) is 8.98. The van der Waals surface area contributed by atoms with E-state index in [-0.39, 0.29) is 18.3 Å². The summed E-state index contributed by atoms with van der Waals surface area (Å²) < 4.78 is 5.38. The highest BCUT2D eigenvalue weighted by Gasteiger charge is 2.04. The van der Waals surface area contributed by atoms with Crippen LogP contribution in [0.5, 0.6) is 5.75 Å². The van der Waals surface area contributed by atoms with Gasteiger partial charge in [-0.25, -0.2) is 0 Å². The smallest absolute Gasteiger partial charge is 0.236 e. The molecular weight excluding hydrogens is 228 g/mol. The molecule has 0 aliphatic carbocycles. The number of carbonyl (C=O) groups is 1. The van der Waals surface area contributed by atoms with E-state index in [1.807, 2.05) is 30.3 Å². The van der Waals surface area contributed by atoms with Crippen molar-refractivity contribution in [3.63, 3.8) is 0 Å². The Labute approximate surface area is 102 Å². The van der Waals surface area contributed by atoms with Crippen molar-refractivity contribution in [2.45, 2.75) is 13.0 Å². The van der Waals surface area contributed by atoms with E-state index in [0.717, 1.165) is 5.75 Å². The van der Waals surface area contributed by atoms with E-state index in [0.29, 0.717) is 13.2 Å². The second kappa shape index (κ2) is 7.96. The van der Waals surface area contributed by atoms with E-state index in [2.05, 4.69) is 5.32 Å². The fourth-order valence-corrected chi connectivity index (χ4v) is 1.02. The number of benzene rings is 1. The van der Waals surface area contributed by atoms with Gasteiger partial charge >= 0.3 is 0 Å². The fraction of sp³-hybridized carbons (Fsp3) is 0.364. The summed E-state index contributed by atoms with van der Waals surface area (Å²) in [7, 11) is 0. The third kappa shape index (κ3) is 5.58. The van der Waals surface area contributed by atoms with Crippen LogP contribution in [0.25, 0.3) is 0 Å². The molecule has 3 N–H and O–H groups in total. The lowest BCUT2D eigenvalue weighted by atomic mass is 10.3. The highest BCUT2D eigenvalue weighted by molar-refractivity contribution is 5.85. The quantitative estimate of drug-likeness (QED) is 0.758. The van der Waals surface area contributed by atoms with Gasteiger partial charge < -0.3 is 15.8 Å². The molecule has 1 aromatic carbocycles. The van der Waals surface area contributed by atoms with Crippen LogP contribution in [0.2, 0.25) is 0 Å². The molecule has 0 fully saturated rings. The minimum Gasteiger partial charge on any atom is -0.492 e. The lowest BCUT2D eigenvalue weighted by Crippen LogP contribution is -2.40. The van der Waals surface area contributed by atoms with Crippen LogP contribution in [0.15, 0.2) is 30.3 Å². The van der Waals surface area contributed by atoms with Crippen molar-refractivity contribution in [3.05, 3.63) is 30.3 Å². The van der Waals surface area contributed by atoms with Crippen molar-refractivity contribution in [2.24, 2.45) is 5.73 Å². The topological polar surface area (TPSA) is 64.4 Å². The molecule has 0 saturated heterocycles. The molecule has 4 nitrogen and oxygen atoms in total. The Morgan fingerprint density at radius 3 is 2.62 bits per heavy atom. The first-order chi connectivity index (χ1) is 7.20. The van der Waals surface area contributed by atoms with Crippen LogP contribution < -0.4 is 15.8 Å². The Balaban J connectivity index is 0.00000225. The average molecular weight is 245 g/mol. The zero-order valence-corrected chi connectivity index (χ0v) is 10.00. The van der Waals surface area contributed by atoms with Crippen LogP contribution >= 0.6 is 12.4 Å². The van der Waals surface area contributed by atoms with Gasteiger partial charge in [-0.3, -0.25) is 4.79 Å². The molecule has 0 radical (unpaired) electrons. The monoisotopic (exact) mass is 244 g/mol. The first kappa shape index (κ1) is 14.7. The molecule has 1 amide bonds. The second-order valence-electron chi connectivity index (χ2n) is 3.24. The van der Waals surface area contributed by atoms with Crippen LogP contribution in [0, 0.1) is 0 Å². The molecular formula is C11H17ClN2O2. The molecule has 0 heterocycles. The lowest BCUT2D eigenvalue weighted by molar-refractivity contribution is -0.122. The number of amides is 1. The van der Waals surface area contributed by atoms with Crippen molar-refractivity contribution < 1.29 is 9.53 Å². The van der Waals surface area contributed by atoms with Crippen molar-refractivity contribution in [3.8, 4) is 5.75 Å². The number of para-hydroxylation sites is 1. The molecule has 0 aliphatic rings. The summed E-state index contributed by atoms with van der Waals surface area (Å²) in [5.41, 5.74) is 5.38. The maximum atomic E-state index is 11.1. The second-order valence-corrected chi connectivity index (χ2v) is 3.24. The third-order valence-corrected chi connectivity index (χ3v) is 1.83. The Morgan fingerprint density at radius 2 is 2.06 bits per heavy atom. The lowest BCUT2D eigenvalue weighted by Gasteiger charge is -2.08. The summed E-state index contributed by atoms with van der Waals surface area (Å²) in [6.07, 6.45) is 0. The Bertz CT molecular complexity index is 304. The number of hydrogen-bond donors (Lipinski definition) is 2. The van der Waals surface area contributed by atoms with Crippen LogP contribution in [-0.2, 0) is 4.79 Å². The van der Waals surface area contributed by atoms with Crippen LogP contribution in [0.1, 0.15) is 6.92 Å². The maximum Gasteiger partial charge on any atom is 0.236 e. The zero-order valence-electron chi connectivity index (χ0n) is 9.18. The largest absolute Gasteiger partial charge is 0.492 e. The van der Waals surface area contributed by atoms with Gasteiger partial charge in [0.25, 0.3) is 0 Å². The third-order valence-electron chi connectivity index (χ3n) is 1.83. The fourth-order valence-electron chi connectivity index (χ4n) is 1.02. The SMILES string of the molecule is CC(N)C(=O)NCCOc1ccccc1.Cl. The van der Waals surface area contributed by atoms with Crippen molar-refractivity contribution >= 4 is 18.3 Å². The van der Waals surface area contributed by atoms with E-state index in [1.54, 1.807) is 6.92 Å². The maximum absolute atomic E-state index is 11.1. The van der Waals surface area contributed by atoms with Gasteiger partial charge in [0.15, 0.2) is 0 Å². The molecule has 0 saturated carbocycles. The molecule has 1 atom stereocenters. The molecule has 0 aliphatic heterocycles. The summed E-state index contributed by atoms with van der Waals surface area (Å²) >= 11 is 0. The Hall–Kier alpha value is -1.26. The zero-order chi connectivity index (χ0) is 11.1. The Kier molecular flexibility index (Phi) is 7.33. The van der Waals surface area contributed by atoms with Crippen molar-refractivity contribution in [1.29, 1.82) is 0 Å². The molecule has 90 valence electrons. The predicted octanol–water partition coefficient (Wildman–Crippen LogP) is 0.951. The molecule has 0 spiro atoms. The highest BCUT2D eigenvalue weighted by Crippen LogP contribution is 2.07. The number of ether oxygens (including phenoxy) is 1. The summed E-state index contributed by atoms with van der Waals surface area (Å²) in [5, 5.41) is 2.66. The normalized spacial score (nSPS) is 11.1. The minimum absolute atomic E-state index is 0. The van der Waals surface area contributed by atoms with Gasteiger partial charge in [-0.2, -0.15) is 0 Å². The van der Waals surface area contributed by atoms with Gasteiger partial charge in [-0.1, -0.05) is 18.2 Å². The summed E-state index contributed by atoms with van der Waals surface area (Å²) in [4.78, 5) is 11.1. The van der Waals surface area contributed by atoms with E-state index >= 15 is 0 Å². The molecule has 0 bridgehead atoms. The number of nitrogens with two attached hydrogens (primary N) is 1. The van der Waals surface area contributed by atoms with E-state index in [9.17, 15) is 4.79 Å². The van der Waals surface area contributed by atoms with E-state index in [4.69, 9.17) is 10.5 Å². The molecule has 1 aromatic rings. The number of carbonyl (C=O) groups excluding carboxylic acids is 1. The number of nitrogens with one attached hydrogen (secondary N) is 1. The van der Waals surface area contributed by atoms with Crippen molar-refractivity contribution in [2.75, 3.05) is 13.2 Å².